The van der Waals surface area contributed by atoms with Gasteiger partial charge in [-0.2, -0.15) is 13.5 Å². The second kappa shape index (κ2) is 9.47. The number of para-hydroxylation sites is 2. The number of thiazole rings is 1. The van der Waals surface area contributed by atoms with Crippen molar-refractivity contribution in [1.29, 1.82) is 0 Å². The van der Waals surface area contributed by atoms with Crippen LogP contribution >= 0.6 is 24.8 Å². The molecule has 0 saturated carbocycles. The zero-order valence-corrected chi connectivity index (χ0v) is 19.3. The maximum atomic E-state index is 5.48. The number of methoxy groups -OCH3 is 1. The van der Waals surface area contributed by atoms with E-state index in [9.17, 15) is 0 Å². The Morgan fingerprint density at radius 1 is 1.28 bits per heavy atom. The van der Waals surface area contributed by atoms with Crippen molar-refractivity contribution in [3.8, 4) is 0 Å². The van der Waals surface area contributed by atoms with E-state index in [0.717, 1.165) is 59.0 Å². The van der Waals surface area contributed by atoms with E-state index in [1.165, 1.54) is 0 Å². The van der Waals surface area contributed by atoms with Gasteiger partial charge in [0.15, 0.2) is 5.84 Å². The topological polar surface area (TPSA) is 61.8 Å². The third kappa shape index (κ3) is 4.77. The van der Waals surface area contributed by atoms with Crippen molar-refractivity contribution in [2.75, 3.05) is 32.1 Å². The molecule has 29 heavy (non-hydrogen) atoms. The van der Waals surface area contributed by atoms with Crippen molar-refractivity contribution in [1.82, 2.24) is 15.2 Å². The summed E-state index contributed by atoms with van der Waals surface area (Å²) >= 11 is 1.74. The Balaban J connectivity index is 0.00000240. The Labute approximate surface area is 184 Å². The first-order chi connectivity index (χ1) is 13.5. The summed E-state index contributed by atoms with van der Waals surface area (Å²) in [5, 5.41) is 9.44. The van der Waals surface area contributed by atoms with E-state index in [1.807, 2.05) is 12.1 Å². The fourth-order valence-corrected chi connectivity index (χ4v) is 4.66. The minimum Gasteiger partial charge on any atom is -0.382 e. The number of nitrogens with one attached hydrogen (secondary N) is 2. The highest BCUT2D eigenvalue weighted by molar-refractivity contribution is 7.59. The van der Waals surface area contributed by atoms with E-state index < -0.39 is 0 Å². The van der Waals surface area contributed by atoms with Gasteiger partial charge in [-0.3, -0.25) is 0 Å². The molecule has 0 amide bonds. The quantitative estimate of drug-likeness (QED) is 0.756. The molecule has 1 aromatic heterocycles. The van der Waals surface area contributed by atoms with Crippen molar-refractivity contribution in [2.45, 2.75) is 45.3 Å². The van der Waals surface area contributed by atoms with Crippen LogP contribution in [0.1, 0.15) is 43.8 Å². The molecule has 2 atom stereocenters. The second-order valence-corrected chi connectivity index (χ2v) is 8.87. The van der Waals surface area contributed by atoms with E-state index in [-0.39, 0.29) is 19.6 Å². The predicted molar refractivity (Wildman–Crippen MR) is 127 cm³/mol. The molecule has 0 aliphatic carbocycles. The molecule has 1 unspecified atom stereocenters. The molecule has 2 aromatic rings. The number of piperazine rings is 1. The van der Waals surface area contributed by atoms with Crippen LogP contribution in [0.4, 0.5) is 16.4 Å². The first kappa shape index (κ1) is 22.1. The minimum atomic E-state index is 0. The fraction of sp³-hybridized carbons (Fsp3) is 0.524. The number of nitrogens with zero attached hydrogens (tertiary/aromatic N) is 3. The third-order valence-electron chi connectivity index (χ3n) is 5.30. The number of benzene rings is 1. The first-order valence-corrected chi connectivity index (χ1v) is 10.8. The lowest BCUT2D eigenvalue weighted by Crippen LogP contribution is -2.53. The monoisotopic (exact) mass is 433 g/mol. The standard InChI is InChI=1S/C21H29N5OS.H2S/c1-13(2)20-25-18-19(26-10-9-22-15(12-26)11-14(3)27-4)23-16-7-5-6-8-17(16)24-21(18)28-20;/h5-8,13-15,22,24H,9-12H2,1-4H3;1H2/t14?,15-;/m0./s1. The van der Waals surface area contributed by atoms with Gasteiger partial charge in [0.05, 0.1) is 22.5 Å². The molecule has 8 heteroatoms. The van der Waals surface area contributed by atoms with Crippen LogP contribution in [0.3, 0.4) is 0 Å². The molecule has 4 rings (SSSR count). The Hall–Kier alpha value is -1.61. The van der Waals surface area contributed by atoms with Crippen molar-refractivity contribution < 1.29 is 4.74 Å². The van der Waals surface area contributed by atoms with E-state index in [2.05, 4.69) is 48.4 Å². The van der Waals surface area contributed by atoms with E-state index in [4.69, 9.17) is 14.7 Å². The first-order valence-electron chi connectivity index (χ1n) is 10.0. The van der Waals surface area contributed by atoms with Crippen LogP contribution in [0.2, 0.25) is 0 Å². The number of hydrogen-bond acceptors (Lipinski definition) is 7. The van der Waals surface area contributed by atoms with Crippen LogP contribution in [0, 0.1) is 0 Å². The van der Waals surface area contributed by atoms with E-state index >= 15 is 0 Å². The number of aromatic nitrogens is 1. The summed E-state index contributed by atoms with van der Waals surface area (Å²) in [5.74, 6) is 1.38. The van der Waals surface area contributed by atoms with Crippen molar-refractivity contribution in [3.63, 3.8) is 0 Å². The van der Waals surface area contributed by atoms with Gasteiger partial charge in [0.1, 0.15) is 10.7 Å². The summed E-state index contributed by atoms with van der Waals surface area (Å²) in [6, 6.07) is 8.61. The molecule has 0 spiro atoms. The lowest BCUT2D eigenvalue weighted by molar-refractivity contribution is 0.0929. The third-order valence-corrected chi connectivity index (χ3v) is 6.57. The van der Waals surface area contributed by atoms with Crippen LogP contribution in [0.25, 0.3) is 0 Å². The number of aliphatic imine (C=N–C) groups is 1. The van der Waals surface area contributed by atoms with Crippen molar-refractivity contribution >= 4 is 47.0 Å². The van der Waals surface area contributed by atoms with E-state index in [1.54, 1.807) is 18.4 Å². The number of ether oxygens (including phenoxy) is 1. The SMILES string of the molecule is COC(C)C[C@H]1CN(C2=Nc3ccccc3Nc3sc(C(C)C)nc32)CCN1.S. The normalized spacial score (nSPS) is 19.4. The van der Waals surface area contributed by atoms with Gasteiger partial charge in [0.2, 0.25) is 0 Å². The molecule has 0 radical (unpaired) electrons. The molecule has 1 aromatic carbocycles. The number of anilines is 2. The van der Waals surface area contributed by atoms with Crippen LogP contribution in [-0.4, -0.2) is 54.6 Å². The summed E-state index contributed by atoms with van der Waals surface area (Å²) in [7, 11) is 1.78. The van der Waals surface area contributed by atoms with Gasteiger partial charge in [0, 0.05) is 38.7 Å². The van der Waals surface area contributed by atoms with Gasteiger partial charge in [-0.05, 0) is 25.5 Å². The number of fused-ring (bicyclic) bond motifs is 2. The van der Waals surface area contributed by atoms with Crippen LogP contribution in [-0.2, 0) is 4.74 Å². The fourth-order valence-electron chi connectivity index (χ4n) is 3.68. The Morgan fingerprint density at radius 2 is 2.07 bits per heavy atom. The lowest BCUT2D eigenvalue weighted by atomic mass is 10.1. The number of rotatable bonds is 4. The van der Waals surface area contributed by atoms with Crippen LogP contribution in [0.15, 0.2) is 29.3 Å². The highest BCUT2D eigenvalue weighted by atomic mass is 32.1. The molecular weight excluding hydrogens is 402 g/mol. The molecule has 158 valence electrons. The zero-order chi connectivity index (χ0) is 19.7. The Kier molecular flexibility index (Phi) is 7.21. The van der Waals surface area contributed by atoms with E-state index in [0.29, 0.717) is 12.0 Å². The van der Waals surface area contributed by atoms with Gasteiger partial charge in [-0.25, -0.2) is 9.98 Å². The lowest BCUT2D eigenvalue weighted by Gasteiger charge is -2.36. The molecule has 6 nitrogen and oxygen atoms in total. The summed E-state index contributed by atoms with van der Waals surface area (Å²) in [5.41, 5.74) is 2.98. The van der Waals surface area contributed by atoms with Crippen molar-refractivity contribution in [3.05, 3.63) is 35.0 Å². The maximum absolute atomic E-state index is 5.48. The van der Waals surface area contributed by atoms with Crippen molar-refractivity contribution in [2.24, 2.45) is 4.99 Å². The minimum absolute atomic E-state index is 0. The molecular formula is C21H31N5OS2. The average molecular weight is 434 g/mol. The molecule has 0 bridgehead atoms. The summed E-state index contributed by atoms with van der Waals surface area (Å²) in [6.45, 7) is 9.27. The van der Waals surface area contributed by atoms with Crippen LogP contribution < -0.4 is 10.6 Å². The molecule has 1 saturated heterocycles. The smallest absolute Gasteiger partial charge is 0.158 e. The molecule has 2 N–H and O–H groups in total. The maximum Gasteiger partial charge on any atom is 0.158 e. The summed E-state index contributed by atoms with van der Waals surface area (Å²) in [4.78, 5) is 12.5. The highest BCUT2D eigenvalue weighted by Gasteiger charge is 2.29. The Bertz CT molecular complexity index is 867. The van der Waals surface area contributed by atoms with Crippen LogP contribution in [0.5, 0.6) is 0 Å². The molecule has 3 heterocycles. The second-order valence-electron chi connectivity index (χ2n) is 7.84. The number of hydrogen-bond donors (Lipinski definition) is 2. The largest absolute Gasteiger partial charge is 0.382 e. The molecule has 2 aliphatic heterocycles. The van der Waals surface area contributed by atoms with Gasteiger partial charge < -0.3 is 20.3 Å². The molecule has 2 aliphatic rings. The highest BCUT2D eigenvalue weighted by Crippen LogP contribution is 2.39. The molecule has 1 fully saturated rings. The van der Waals surface area contributed by atoms with Gasteiger partial charge >= 0.3 is 0 Å². The van der Waals surface area contributed by atoms with Gasteiger partial charge in [-0.15, -0.1) is 11.3 Å². The zero-order valence-electron chi connectivity index (χ0n) is 17.5. The number of amidine groups is 1. The summed E-state index contributed by atoms with van der Waals surface area (Å²) in [6.07, 6.45) is 1.22. The average Bonchev–Trinajstić information content (AvgIpc) is 3.04. The predicted octanol–water partition coefficient (Wildman–Crippen LogP) is 4.21. The van der Waals surface area contributed by atoms with Gasteiger partial charge in [-0.1, -0.05) is 26.0 Å². The summed E-state index contributed by atoms with van der Waals surface area (Å²) < 4.78 is 5.48. The Morgan fingerprint density at radius 3 is 2.83 bits per heavy atom. The van der Waals surface area contributed by atoms with Gasteiger partial charge in [0.25, 0.3) is 0 Å².